The van der Waals surface area contributed by atoms with Crippen molar-refractivity contribution in [2.75, 3.05) is 0 Å². The van der Waals surface area contributed by atoms with Gasteiger partial charge in [0.15, 0.2) is 0 Å². The molecule has 0 N–H and O–H groups in total. The Morgan fingerprint density at radius 2 is 1.26 bits per heavy atom. The molecule has 1 aliphatic carbocycles. The van der Waals surface area contributed by atoms with E-state index in [-0.39, 0.29) is 0 Å². The van der Waals surface area contributed by atoms with Crippen LogP contribution in [0.15, 0.2) is 60.7 Å². The fraction of sp³-hybridized carbons (Fsp3) is 0.263. The normalized spacial score (nSPS) is 13.5. The Hall–Kier alpha value is -1.82. The lowest BCUT2D eigenvalue weighted by Crippen LogP contribution is -2.00. The van der Waals surface area contributed by atoms with Crippen LogP contribution in [0.4, 0.5) is 0 Å². The first-order valence-corrected chi connectivity index (χ1v) is 7.14. The highest BCUT2D eigenvalue weighted by molar-refractivity contribution is 5.47. The minimum absolute atomic E-state index is 1.26. The summed E-state index contributed by atoms with van der Waals surface area (Å²) in [6.45, 7) is 2.02. The first-order valence-electron chi connectivity index (χ1n) is 7.14. The van der Waals surface area contributed by atoms with Gasteiger partial charge >= 0.3 is 0 Å². The lowest BCUT2D eigenvalue weighted by atomic mass is 9.92. The van der Waals surface area contributed by atoms with Gasteiger partial charge < -0.3 is 0 Å². The smallest absolute Gasteiger partial charge is 0.0260 e. The monoisotopic (exact) mass is 250 g/mol. The number of fused-ring (bicyclic) bond motifs is 1. The average molecular weight is 250 g/mol. The highest BCUT2D eigenvalue weighted by Crippen LogP contribution is 2.19. The first-order chi connectivity index (χ1) is 9.40. The maximum Gasteiger partial charge on any atom is -0.0260 e. The molecule has 0 atom stereocenters. The van der Waals surface area contributed by atoms with Gasteiger partial charge in [-0.3, -0.25) is 0 Å². The molecule has 0 unspecified atom stereocenters. The fourth-order valence-corrected chi connectivity index (χ4v) is 2.43. The molecule has 0 heterocycles. The molecule has 0 heteroatoms. The molecule has 19 heavy (non-hydrogen) atoms. The van der Waals surface area contributed by atoms with Crippen molar-refractivity contribution >= 4 is 6.08 Å². The minimum Gasteiger partial charge on any atom is -0.0871 e. The molecule has 0 spiro atoms. The summed E-state index contributed by atoms with van der Waals surface area (Å²) in [4.78, 5) is 0. The molecule has 98 valence electrons. The predicted octanol–water partition coefficient (Wildman–Crippen LogP) is 5.29. The Kier molecular flexibility index (Phi) is 5.43. The quantitative estimate of drug-likeness (QED) is 0.645. The van der Waals surface area contributed by atoms with Crippen LogP contribution in [-0.2, 0) is 12.8 Å². The van der Waals surface area contributed by atoms with E-state index in [1.165, 1.54) is 31.2 Å². The third-order valence-electron chi connectivity index (χ3n) is 3.42. The highest BCUT2D eigenvalue weighted by Gasteiger charge is 2.05. The van der Waals surface area contributed by atoms with Crippen LogP contribution in [0.2, 0.25) is 0 Å². The third-order valence-corrected chi connectivity index (χ3v) is 3.42. The molecule has 0 saturated carbocycles. The van der Waals surface area contributed by atoms with Crippen molar-refractivity contribution in [2.45, 2.75) is 32.6 Å². The standard InChI is InChI=1S/C10H12.C9H10/c1-2-6-10-8-4-3-7-9(10)5-1;1-2-6-9-7-4-3-5-8-9/h1-2,5-6H,3-4,7-8H2;2-8H,1H3/b;6-2+. The van der Waals surface area contributed by atoms with Crippen molar-refractivity contribution in [1.82, 2.24) is 0 Å². The minimum atomic E-state index is 1.26. The van der Waals surface area contributed by atoms with Crippen LogP contribution in [0.1, 0.15) is 36.5 Å². The van der Waals surface area contributed by atoms with Crippen molar-refractivity contribution in [2.24, 2.45) is 0 Å². The Balaban J connectivity index is 0.000000141. The number of hydrogen-bond donors (Lipinski definition) is 0. The number of benzene rings is 2. The van der Waals surface area contributed by atoms with E-state index >= 15 is 0 Å². The first kappa shape index (κ1) is 13.6. The summed E-state index contributed by atoms with van der Waals surface area (Å²) in [6.07, 6.45) is 9.50. The van der Waals surface area contributed by atoms with Crippen LogP contribution in [0, 0.1) is 0 Å². The molecule has 0 amide bonds. The zero-order valence-corrected chi connectivity index (χ0v) is 11.7. The van der Waals surface area contributed by atoms with Crippen LogP contribution in [-0.4, -0.2) is 0 Å². The van der Waals surface area contributed by atoms with Crippen molar-refractivity contribution in [3.8, 4) is 0 Å². The summed E-state index contributed by atoms with van der Waals surface area (Å²) in [5, 5.41) is 0. The van der Waals surface area contributed by atoms with Gasteiger partial charge in [0.1, 0.15) is 0 Å². The largest absolute Gasteiger partial charge is 0.0871 e. The van der Waals surface area contributed by atoms with E-state index in [0.717, 1.165) is 0 Å². The molecular weight excluding hydrogens is 228 g/mol. The third kappa shape index (κ3) is 4.40. The molecule has 0 fully saturated rings. The number of hydrogen-bond acceptors (Lipinski definition) is 0. The average Bonchev–Trinajstić information content (AvgIpc) is 2.50. The Labute approximate surface area is 116 Å². The maximum absolute atomic E-state index is 2.26. The van der Waals surface area contributed by atoms with Gasteiger partial charge in [-0.25, -0.2) is 0 Å². The second kappa shape index (κ2) is 7.58. The summed E-state index contributed by atoms with van der Waals surface area (Å²) in [5.74, 6) is 0. The SMILES string of the molecule is C/C=C/c1ccccc1.c1ccc2c(c1)CCCC2. The summed E-state index contributed by atoms with van der Waals surface area (Å²) in [6, 6.07) is 19.1. The van der Waals surface area contributed by atoms with Gasteiger partial charge in [-0.2, -0.15) is 0 Å². The molecule has 0 aliphatic heterocycles. The van der Waals surface area contributed by atoms with Gasteiger partial charge in [0.05, 0.1) is 0 Å². The van der Waals surface area contributed by atoms with E-state index in [4.69, 9.17) is 0 Å². The second-order valence-electron chi connectivity index (χ2n) is 4.89. The van der Waals surface area contributed by atoms with Gasteiger partial charge in [-0.1, -0.05) is 66.7 Å². The second-order valence-corrected chi connectivity index (χ2v) is 4.89. The van der Waals surface area contributed by atoms with E-state index in [0.29, 0.717) is 0 Å². The van der Waals surface area contributed by atoms with Gasteiger partial charge in [0, 0.05) is 0 Å². The summed E-state index contributed by atoms with van der Waals surface area (Å²) in [7, 11) is 0. The lowest BCUT2D eigenvalue weighted by Gasteiger charge is -2.13. The molecule has 2 aromatic rings. The Morgan fingerprint density at radius 3 is 1.79 bits per heavy atom. The van der Waals surface area contributed by atoms with Gasteiger partial charge in [0.2, 0.25) is 0 Å². The summed E-state index contributed by atoms with van der Waals surface area (Å²) in [5.41, 5.74) is 4.42. The van der Waals surface area contributed by atoms with Crippen LogP contribution >= 0.6 is 0 Å². The van der Waals surface area contributed by atoms with Crippen LogP contribution < -0.4 is 0 Å². The van der Waals surface area contributed by atoms with Crippen LogP contribution in [0.25, 0.3) is 6.08 Å². The summed E-state index contributed by atoms with van der Waals surface area (Å²) >= 11 is 0. The molecule has 2 aromatic carbocycles. The molecule has 0 nitrogen and oxygen atoms in total. The van der Waals surface area contributed by atoms with E-state index in [9.17, 15) is 0 Å². The van der Waals surface area contributed by atoms with Crippen LogP contribution in [0.3, 0.4) is 0 Å². The van der Waals surface area contributed by atoms with Crippen molar-refractivity contribution in [3.05, 3.63) is 77.4 Å². The molecule has 3 rings (SSSR count). The van der Waals surface area contributed by atoms with Gasteiger partial charge in [-0.15, -0.1) is 0 Å². The molecule has 1 aliphatic rings. The van der Waals surface area contributed by atoms with Crippen LogP contribution in [0.5, 0.6) is 0 Å². The maximum atomic E-state index is 2.26. The topological polar surface area (TPSA) is 0 Å². The fourth-order valence-electron chi connectivity index (χ4n) is 2.43. The summed E-state index contributed by atoms with van der Waals surface area (Å²) < 4.78 is 0. The highest BCUT2D eigenvalue weighted by atomic mass is 14.1. The van der Waals surface area contributed by atoms with Gasteiger partial charge in [0.25, 0.3) is 0 Å². The Bertz CT molecular complexity index is 484. The van der Waals surface area contributed by atoms with E-state index in [2.05, 4.69) is 42.5 Å². The molecule has 0 aromatic heterocycles. The molecular formula is C19H22. The lowest BCUT2D eigenvalue weighted by molar-refractivity contribution is 0.685. The van der Waals surface area contributed by atoms with E-state index in [1.807, 2.05) is 31.2 Å². The molecule has 0 radical (unpaired) electrons. The van der Waals surface area contributed by atoms with Crippen molar-refractivity contribution < 1.29 is 0 Å². The zero-order valence-electron chi connectivity index (χ0n) is 11.7. The van der Waals surface area contributed by atoms with Crippen molar-refractivity contribution in [1.29, 1.82) is 0 Å². The number of aryl methyl sites for hydroxylation is 2. The van der Waals surface area contributed by atoms with E-state index < -0.39 is 0 Å². The van der Waals surface area contributed by atoms with Gasteiger partial charge in [-0.05, 0) is 49.3 Å². The Morgan fingerprint density at radius 1 is 0.737 bits per heavy atom. The zero-order chi connectivity index (χ0) is 13.3. The number of allylic oxidation sites excluding steroid dienone is 1. The molecule has 0 saturated heterocycles. The van der Waals surface area contributed by atoms with Crippen molar-refractivity contribution in [3.63, 3.8) is 0 Å². The van der Waals surface area contributed by atoms with E-state index in [1.54, 1.807) is 11.1 Å². The molecule has 0 bridgehead atoms. The predicted molar refractivity (Wildman–Crippen MR) is 84.2 cm³/mol. The number of rotatable bonds is 1.